The molecule has 0 fully saturated rings. The van der Waals surface area contributed by atoms with Crippen LogP contribution in [0.25, 0.3) is 11.1 Å². The normalized spacial score (nSPS) is 10.4. The van der Waals surface area contributed by atoms with Gasteiger partial charge >= 0.3 is 7.25 Å². The highest BCUT2D eigenvalue weighted by Crippen LogP contribution is 2.21. The van der Waals surface area contributed by atoms with Crippen molar-refractivity contribution in [1.82, 2.24) is 0 Å². The zero-order chi connectivity index (χ0) is 14.3. The lowest BCUT2D eigenvalue weighted by Crippen LogP contribution is -2.02. The molecular weight excluding hydrogens is 259 g/mol. The topological polar surface area (TPSA) is 9.23 Å². The quantitative estimate of drug-likeness (QED) is 0.570. The molecule has 6 heteroatoms. The summed E-state index contributed by atoms with van der Waals surface area (Å²) in [6, 6.07) is 18.4. The van der Waals surface area contributed by atoms with E-state index in [1.807, 2.05) is 30.3 Å². The lowest BCUT2D eigenvalue weighted by atomic mass is 10.1. The third-order valence-electron chi connectivity index (χ3n) is 2.20. The molecule has 0 unspecified atom stereocenters. The maximum absolute atomic E-state index is 9.75. The van der Waals surface area contributed by atoms with Gasteiger partial charge in [-0.2, -0.15) is 0 Å². The Morgan fingerprint density at radius 1 is 0.737 bits per heavy atom. The van der Waals surface area contributed by atoms with E-state index in [0.29, 0.717) is 0 Å². The van der Waals surface area contributed by atoms with Gasteiger partial charge in [-0.25, -0.2) is 0 Å². The molecule has 0 heterocycles. The minimum Gasteiger partial charge on any atom is -0.497 e. The molecule has 1 nitrogen and oxygen atoms in total. The van der Waals surface area contributed by atoms with Crippen LogP contribution in [0.15, 0.2) is 54.6 Å². The number of rotatable bonds is 2. The number of ether oxygens (including phenoxy) is 1. The predicted octanol–water partition coefficient (Wildman–Crippen LogP) is 4.66. The summed E-state index contributed by atoms with van der Waals surface area (Å²) >= 11 is 0. The highest BCUT2D eigenvalue weighted by molar-refractivity contribution is 6.50. The van der Waals surface area contributed by atoms with Crippen molar-refractivity contribution in [1.29, 1.82) is 0 Å². The summed E-state index contributed by atoms with van der Waals surface area (Å²) in [4.78, 5) is 0. The molecule has 2 rings (SSSR count). The predicted molar refractivity (Wildman–Crippen MR) is 68.6 cm³/mol. The van der Waals surface area contributed by atoms with Crippen molar-refractivity contribution in [3.8, 4) is 16.9 Å². The van der Waals surface area contributed by atoms with Crippen molar-refractivity contribution < 1.29 is 22.0 Å². The van der Waals surface area contributed by atoms with Crippen molar-refractivity contribution in [3.63, 3.8) is 0 Å². The molecule has 0 radical (unpaired) electrons. The molecule has 0 N–H and O–H groups in total. The van der Waals surface area contributed by atoms with Gasteiger partial charge in [0.25, 0.3) is 0 Å². The average molecular weight is 271 g/mol. The number of hydrogen-bond acceptors (Lipinski definition) is 1. The molecule has 0 amide bonds. The first-order valence-electron chi connectivity index (χ1n) is 5.47. The summed E-state index contributed by atoms with van der Waals surface area (Å²) in [5.41, 5.74) is 2.45. The highest BCUT2D eigenvalue weighted by Gasteiger charge is 2.20. The Balaban J connectivity index is 0.000000312. The van der Waals surface area contributed by atoms with Crippen LogP contribution in [-0.2, 0) is 0 Å². The van der Waals surface area contributed by atoms with Gasteiger partial charge in [-0.05, 0) is 23.3 Å². The van der Waals surface area contributed by atoms with Crippen LogP contribution in [0, 0.1) is 0 Å². The number of hydrogen-bond donors (Lipinski definition) is 0. The number of halogens is 4. The van der Waals surface area contributed by atoms with E-state index in [9.17, 15) is 17.3 Å². The Kier molecular flexibility index (Phi) is 5.42. The van der Waals surface area contributed by atoms with Crippen LogP contribution < -0.4 is 4.74 Å². The minimum atomic E-state index is -6.00. The molecule has 0 aliphatic carbocycles. The van der Waals surface area contributed by atoms with Crippen molar-refractivity contribution in [2.45, 2.75) is 0 Å². The Bertz CT molecular complexity index is 476. The summed E-state index contributed by atoms with van der Waals surface area (Å²) < 4.78 is 44.1. The maximum atomic E-state index is 9.75. The first-order chi connectivity index (χ1) is 8.90. The lowest BCUT2D eigenvalue weighted by molar-refractivity contribution is 0.368. The minimum absolute atomic E-state index is 0.893. The second-order valence-corrected chi connectivity index (χ2v) is 3.59. The molecule has 0 bridgehead atoms. The van der Waals surface area contributed by atoms with Gasteiger partial charge in [0.1, 0.15) is 5.75 Å². The summed E-state index contributed by atoms with van der Waals surface area (Å²) in [6.07, 6.45) is 0. The van der Waals surface area contributed by atoms with Crippen molar-refractivity contribution in [2.75, 3.05) is 7.11 Å². The molecule has 0 aromatic heterocycles. The summed E-state index contributed by atoms with van der Waals surface area (Å²) in [6.45, 7) is 0. The van der Waals surface area contributed by atoms with E-state index in [-0.39, 0.29) is 0 Å². The molecule has 19 heavy (non-hydrogen) atoms. The first-order valence-corrected chi connectivity index (χ1v) is 5.47. The van der Waals surface area contributed by atoms with Crippen LogP contribution in [0.4, 0.5) is 17.3 Å². The molecule has 102 valence electrons. The molecule has 0 spiro atoms. The van der Waals surface area contributed by atoms with Crippen LogP contribution in [-0.4, -0.2) is 14.4 Å². The third-order valence-corrected chi connectivity index (χ3v) is 2.20. The largest absolute Gasteiger partial charge is 0.673 e. The van der Waals surface area contributed by atoms with Crippen LogP contribution in [0.1, 0.15) is 0 Å². The summed E-state index contributed by atoms with van der Waals surface area (Å²) in [7, 11) is -4.32. The van der Waals surface area contributed by atoms with Crippen LogP contribution in [0.2, 0.25) is 0 Å². The smallest absolute Gasteiger partial charge is 0.497 e. The third kappa shape index (κ3) is 6.50. The Hall–Kier alpha value is -1.98. The van der Waals surface area contributed by atoms with E-state index in [1.54, 1.807) is 7.11 Å². The van der Waals surface area contributed by atoms with Crippen molar-refractivity contribution in [3.05, 3.63) is 54.6 Å². The zero-order valence-electron chi connectivity index (χ0n) is 10.2. The first kappa shape index (κ1) is 15.1. The fourth-order valence-electron chi connectivity index (χ4n) is 1.41. The molecule has 0 aliphatic heterocycles. The second kappa shape index (κ2) is 6.82. The monoisotopic (exact) mass is 271 g/mol. The maximum Gasteiger partial charge on any atom is 0.673 e. The van der Waals surface area contributed by atoms with E-state index < -0.39 is 7.25 Å². The van der Waals surface area contributed by atoms with E-state index in [4.69, 9.17) is 4.74 Å². The Labute approximate surface area is 108 Å². The SMILES string of the molecule is COc1ccc(-c2ccccc2)cc1.F[B-](F)(F)F. The highest BCUT2D eigenvalue weighted by atomic mass is 19.5. The van der Waals surface area contributed by atoms with Crippen LogP contribution in [0.3, 0.4) is 0 Å². The Morgan fingerprint density at radius 3 is 1.58 bits per heavy atom. The molecule has 0 saturated carbocycles. The van der Waals surface area contributed by atoms with Gasteiger partial charge in [-0.1, -0.05) is 42.5 Å². The van der Waals surface area contributed by atoms with Gasteiger partial charge in [0.05, 0.1) is 7.11 Å². The fraction of sp³-hybridized carbons (Fsp3) is 0.0769. The van der Waals surface area contributed by atoms with E-state index in [1.165, 1.54) is 11.1 Å². The van der Waals surface area contributed by atoms with Gasteiger partial charge in [0.15, 0.2) is 0 Å². The lowest BCUT2D eigenvalue weighted by Gasteiger charge is -2.02. The van der Waals surface area contributed by atoms with E-state index >= 15 is 0 Å². The number of methoxy groups -OCH3 is 1. The molecule has 0 aliphatic rings. The van der Waals surface area contributed by atoms with Crippen LogP contribution in [0.5, 0.6) is 5.75 Å². The molecule has 0 saturated heterocycles. The van der Waals surface area contributed by atoms with Gasteiger partial charge in [0.2, 0.25) is 0 Å². The zero-order valence-corrected chi connectivity index (χ0v) is 10.2. The average Bonchev–Trinajstić information content (AvgIpc) is 2.38. The fourth-order valence-corrected chi connectivity index (χ4v) is 1.41. The van der Waals surface area contributed by atoms with E-state index in [2.05, 4.69) is 24.3 Å². The second-order valence-electron chi connectivity index (χ2n) is 3.59. The van der Waals surface area contributed by atoms with Gasteiger partial charge in [0, 0.05) is 0 Å². The molecular formula is C13H12BF4O-. The van der Waals surface area contributed by atoms with Crippen molar-refractivity contribution >= 4 is 7.25 Å². The van der Waals surface area contributed by atoms with Crippen molar-refractivity contribution in [2.24, 2.45) is 0 Å². The summed E-state index contributed by atoms with van der Waals surface area (Å²) in [5, 5.41) is 0. The van der Waals surface area contributed by atoms with Gasteiger partial charge < -0.3 is 22.0 Å². The summed E-state index contributed by atoms with van der Waals surface area (Å²) in [5.74, 6) is 0.893. The Morgan fingerprint density at radius 2 is 1.16 bits per heavy atom. The number of benzene rings is 2. The van der Waals surface area contributed by atoms with E-state index in [0.717, 1.165) is 5.75 Å². The van der Waals surface area contributed by atoms with Gasteiger partial charge in [-0.3, -0.25) is 0 Å². The molecule has 0 atom stereocenters. The standard InChI is InChI=1S/C13H12O.BF4/c1-14-13-9-7-12(8-10-13)11-5-3-2-4-6-11;2-1(3,4)5/h2-10H,1H3;/q;-1. The molecule has 2 aromatic rings. The molecule has 2 aromatic carbocycles. The van der Waals surface area contributed by atoms with Crippen LogP contribution >= 0.6 is 0 Å². The van der Waals surface area contributed by atoms with Gasteiger partial charge in [-0.15, -0.1) is 0 Å².